The van der Waals surface area contributed by atoms with Crippen molar-refractivity contribution in [3.05, 3.63) is 33.5 Å². The Bertz CT molecular complexity index is 880. The van der Waals surface area contributed by atoms with Gasteiger partial charge in [0.25, 0.3) is 5.91 Å². The maximum atomic E-state index is 11.3. The standard InChI is InChI=1S/C10H8N8O3/c1-4-2-3-5-6(8(4)18(20)21)13-16-17(5)10-7(9(11)19)12-15-14-10/h2-3H,1H3,(H2,11,19)(H,12,14,15). The van der Waals surface area contributed by atoms with E-state index < -0.39 is 10.8 Å². The van der Waals surface area contributed by atoms with Crippen LogP contribution in [0.15, 0.2) is 12.1 Å². The lowest BCUT2D eigenvalue weighted by Gasteiger charge is -2.00. The third-order valence-electron chi connectivity index (χ3n) is 2.94. The first-order valence-corrected chi connectivity index (χ1v) is 5.71. The summed E-state index contributed by atoms with van der Waals surface area (Å²) in [5, 5.41) is 28.4. The molecule has 21 heavy (non-hydrogen) atoms. The molecule has 0 saturated carbocycles. The van der Waals surface area contributed by atoms with E-state index in [0.717, 1.165) is 0 Å². The number of aromatic nitrogens is 6. The van der Waals surface area contributed by atoms with Crippen molar-refractivity contribution in [2.45, 2.75) is 6.92 Å². The lowest BCUT2D eigenvalue weighted by atomic mass is 10.1. The fourth-order valence-electron chi connectivity index (χ4n) is 2.00. The summed E-state index contributed by atoms with van der Waals surface area (Å²) in [5.74, 6) is -0.771. The van der Waals surface area contributed by atoms with Gasteiger partial charge in [-0.2, -0.15) is 9.90 Å². The summed E-state index contributed by atoms with van der Waals surface area (Å²) in [5.41, 5.74) is 5.77. The molecule has 3 rings (SSSR count). The Morgan fingerprint density at radius 2 is 2.19 bits per heavy atom. The summed E-state index contributed by atoms with van der Waals surface area (Å²) in [6.45, 7) is 1.60. The van der Waals surface area contributed by atoms with Gasteiger partial charge in [0.15, 0.2) is 11.2 Å². The topological polar surface area (TPSA) is 159 Å². The molecule has 0 fully saturated rings. The van der Waals surface area contributed by atoms with Gasteiger partial charge in [-0.3, -0.25) is 14.9 Å². The second-order valence-electron chi connectivity index (χ2n) is 4.22. The quantitative estimate of drug-likeness (QED) is 0.500. The molecular formula is C10H8N8O3. The number of nitrogens with zero attached hydrogens (tertiary/aromatic N) is 6. The van der Waals surface area contributed by atoms with Gasteiger partial charge in [-0.25, -0.2) is 0 Å². The van der Waals surface area contributed by atoms with E-state index in [9.17, 15) is 14.9 Å². The van der Waals surface area contributed by atoms with Gasteiger partial charge in [0.2, 0.25) is 5.82 Å². The van der Waals surface area contributed by atoms with Crippen LogP contribution >= 0.6 is 0 Å². The van der Waals surface area contributed by atoms with E-state index in [2.05, 4.69) is 25.7 Å². The van der Waals surface area contributed by atoms with Crippen LogP contribution in [0.2, 0.25) is 0 Å². The monoisotopic (exact) mass is 288 g/mol. The number of amides is 1. The molecule has 0 saturated heterocycles. The molecule has 1 aromatic carbocycles. The minimum Gasteiger partial charge on any atom is -0.364 e. The van der Waals surface area contributed by atoms with E-state index in [0.29, 0.717) is 11.1 Å². The number of nitrogens with two attached hydrogens (primary N) is 1. The Kier molecular flexibility index (Phi) is 2.61. The molecule has 0 spiro atoms. The molecule has 0 aliphatic heterocycles. The van der Waals surface area contributed by atoms with Crippen LogP contribution in [0.25, 0.3) is 16.9 Å². The molecule has 0 atom stereocenters. The third-order valence-corrected chi connectivity index (χ3v) is 2.94. The number of hydrogen-bond donors (Lipinski definition) is 2. The van der Waals surface area contributed by atoms with Gasteiger partial charge < -0.3 is 5.73 Å². The summed E-state index contributed by atoms with van der Waals surface area (Å²) in [7, 11) is 0. The molecule has 106 valence electrons. The number of nitro benzene ring substituents is 1. The van der Waals surface area contributed by atoms with Crippen LogP contribution in [0.4, 0.5) is 5.69 Å². The average molecular weight is 288 g/mol. The predicted molar refractivity (Wildman–Crippen MR) is 68.7 cm³/mol. The first-order chi connectivity index (χ1) is 10.0. The van der Waals surface area contributed by atoms with Crippen LogP contribution in [-0.4, -0.2) is 41.2 Å². The van der Waals surface area contributed by atoms with Gasteiger partial charge in [-0.1, -0.05) is 11.3 Å². The SMILES string of the molecule is Cc1ccc2c(nnn2-c2n[nH]nc2C(N)=O)c1[N+](=O)[O-]. The van der Waals surface area contributed by atoms with Gasteiger partial charge in [-0.05, 0) is 13.0 Å². The van der Waals surface area contributed by atoms with Crippen molar-refractivity contribution in [2.24, 2.45) is 5.73 Å². The molecule has 1 amide bonds. The van der Waals surface area contributed by atoms with E-state index in [1.807, 2.05) is 0 Å². The van der Waals surface area contributed by atoms with Crippen LogP contribution in [0.1, 0.15) is 16.1 Å². The highest BCUT2D eigenvalue weighted by Crippen LogP contribution is 2.28. The van der Waals surface area contributed by atoms with Crippen molar-refractivity contribution in [3.63, 3.8) is 0 Å². The lowest BCUT2D eigenvalue weighted by molar-refractivity contribution is -0.383. The highest BCUT2D eigenvalue weighted by atomic mass is 16.6. The number of aromatic amines is 1. The zero-order chi connectivity index (χ0) is 15.1. The molecule has 0 aliphatic carbocycles. The normalized spacial score (nSPS) is 10.9. The molecule has 3 N–H and O–H groups in total. The Morgan fingerprint density at radius 1 is 1.43 bits per heavy atom. The Labute approximate surface area is 115 Å². The Balaban J connectivity index is 2.31. The van der Waals surface area contributed by atoms with Gasteiger partial charge in [-0.15, -0.1) is 15.3 Å². The number of nitro groups is 1. The number of nitrogens with one attached hydrogen (secondary N) is 1. The van der Waals surface area contributed by atoms with Crippen LogP contribution in [0.5, 0.6) is 0 Å². The Hall–Kier alpha value is -3.37. The minimum absolute atomic E-state index is 0.0307. The molecule has 0 bridgehead atoms. The Morgan fingerprint density at radius 3 is 2.86 bits per heavy atom. The van der Waals surface area contributed by atoms with E-state index in [4.69, 9.17) is 5.73 Å². The second kappa shape index (κ2) is 4.33. The second-order valence-corrected chi connectivity index (χ2v) is 4.22. The fourth-order valence-corrected chi connectivity index (χ4v) is 2.00. The molecule has 3 aromatic rings. The highest BCUT2D eigenvalue weighted by Gasteiger charge is 2.24. The molecule has 2 aromatic heterocycles. The van der Waals surface area contributed by atoms with Gasteiger partial charge in [0.1, 0.15) is 5.52 Å². The van der Waals surface area contributed by atoms with Gasteiger partial charge >= 0.3 is 5.69 Å². The van der Waals surface area contributed by atoms with Crippen LogP contribution < -0.4 is 5.73 Å². The van der Waals surface area contributed by atoms with Crippen molar-refractivity contribution in [3.8, 4) is 5.82 Å². The number of benzene rings is 1. The maximum absolute atomic E-state index is 11.3. The lowest BCUT2D eigenvalue weighted by Crippen LogP contribution is -2.15. The number of aryl methyl sites for hydroxylation is 1. The van der Waals surface area contributed by atoms with Crippen molar-refractivity contribution >= 4 is 22.6 Å². The van der Waals surface area contributed by atoms with E-state index >= 15 is 0 Å². The van der Waals surface area contributed by atoms with Gasteiger partial charge in [0.05, 0.1) is 4.92 Å². The number of carbonyl (C=O) groups excluding carboxylic acids is 1. The summed E-state index contributed by atoms with van der Waals surface area (Å²) in [4.78, 5) is 21.9. The molecular weight excluding hydrogens is 280 g/mol. The van der Waals surface area contributed by atoms with Crippen molar-refractivity contribution in [2.75, 3.05) is 0 Å². The van der Waals surface area contributed by atoms with Gasteiger partial charge in [0, 0.05) is 5.56 Å². The largest absolute Gasteiger partial charge is 0.364 e. The van der Waals surface area contributed by atoms with Crippen molar-refractivity contribution in [1.82, 2.24) is 30.4 Å². The molecule has 0 unspecified atom stereocenters. The number of hydrogen-bond acceptors (Lipinski definition) is 7. The average Bonchev–Trinajstić information content (AvgIpc) is 3.02. The summed E-state index contributed by atoms with van der Waals surface area (Å²) < 4.78 is 1.17. The number of fused-ring (bicyclic) bond motifs is 1. The number of primary amides is 1. The summed E-state index contributed by atoms with van der Waals surface area (Å²) >= 11 is 0. The van der Waals surface area contributed by atoms with E-state index in [-0.39, 0.29) is 22.7 Å². The van der Waals surface area contributed by atoms with Crippen LogP contribution in [-0.2, 0) is 0 Å². The van der Waals surface area contributed by atoms with Crippen molar-refractivity contribution in [1.29, 1.82) is 0 Å². The molecule has 11 heteroatoms. The fraction of sp³-hybridized carbons (Fsp3) is 0.100. The number of H-pyrrole nitrogens is 1. The molecule has 0 radical (unpaired) electrons. The number of carbonyl (C=O) groups is 1. The minimum atomic E-state index is -0.802. The van der Waals surface area contributed by atoms with Crippen molar-refractivity contribution < 1.29 is 9.72 Å². The first kappa shape index (κ1) is 12.7. The van der Waals surface area contributed by atoms with E-state index in [1.54, 1.807) is 19.1 Å². The van der Waals surface area contributed by atoms with E-state index in [1.165, 1.54) is 4.68 Å². The summed E-state index contributed by atoms with van der Waals surface area (Å²) in [6.07, 6.45) is 0. The molecule has 11 nitrogen and oxygen atoms in total. The number of rotatable bonds is 3. The van der Waals surface area contributed by atoms with Crippen LogP contribution in [0, 0.1) is 17.0 Å². The summed E-state index contributed by atoms with van der Waals surface area (Å²) in [6, 6.07) is 3.15. The predicted octanol–water partition coefficient (Wildman–Crippen LogP) is -0.146. The smallest absolute Gasteiger partial charge is 0.301 e. The third kappa shape index (κ3) is 1.79. The molecule has 0 aliphatic rings. The van der Waals surface area contributed by atoms with Crippen LogP contribution in [0.3, 0.4) is 0 Å². The highest BCUT2D eigenvalue weighted by molar-refractivity contribution is 5.94. The maximum Gasteiger partial charge on any atom is 0.301 e. The first-order valence-electron chi connectivity index (χ1n) is 5.71. The zero-order valence-electron chi connectivity index (χ0n) is 10.6. The zero-order valence-corrected chi connectivity index (χ0v) is 10.6. The molecule has 2 heterocycles.